The van der Waals surface area contributed by atoms with Crippen molar-refractivity contribution in [1.82, 2.24) is 4.90 Å². The highest BCUT2D eigenvalue weighted by atomic mass is 16.6. The molecular formula is C51H79NO12. The first-order valence-corrected chi connectivity index (χ1v) is 24.0. The van der Waals surface area contributed by atoms with E-state index in [1.165, 1.54) is 7.11 Å². The predicted octanol–water partition coefficient (Wildman–Crippen LogP) is 7.37. The Morgan fingerprint density at radius 2 is 1.59 bits per heavy atom. The molecule has 2 saturated heterocycles. The number of piperidine rings is 1. The molecule has 1 aliphatic carbocycles. The molecule has 4 bridgehead atoms. The third-order valence-electron chi connectivity index (χ3n) is 14.5. The second-order valence-electron chi connectivity index (χ2n) is 19.5. The number of allylic oxidation sites excluding steroid dienone is 6. The number of aliphatic carboxylic acids is 1. The van der Waals surface area contributed by atoms with Gasteiger partial charge in [0.2, 0.25) is 5.79 Å². The first kappa shape index (κ1) is 53.3. The molecule has 3 heterocycles. The van der Waals surface area contributed by atoms with Crippen LogP contribution in [0.25, 0.3) is 0 Å². The Morgan fingerprint density at radius 1 is 0.891 bits per heavy atom. The minimum Gasteiger partial charge on any atom is -0.480 e. The van der Waals surface area contributed by atoms with Gasteiger partial charge in [0, 0.05) is 57.8 Å². The van der Waals surface area contributed by atoms with Crippen LogP contribution >= 0.6 is 0 Å². The number of hydrogen-bond donors (Lipinski definition) is 3. The van der Waals surface area contributed by atoms with Crippen LogP contribution in [-0.4, -0.2) is 120 Å². The minimum absolute atomic E-state index is 0.00939. The van der Waals surface area contributed by atoms with Crippen LogP contribution in [0.15, 0.2) is 47.6 Å². The van der Waals surface area contributed by atoms with Gasteiger partial charge in [0.25, 0.3) is 11.7 Å². The van der Waals surface area contributed by atoms with Crippen LogP contribution in [0.1, 0.15) is 131 Å². The number of amides is 1. The third-order valence-corrected chi connectivity index (χ3v) is 14.5. The van der Waals surface area contributed by atoms with Crippen LogP contribution in [-0.2, 0) is 42.9 Å². The molecule has 1 amide bonds. The van der Waals surface area contributed by atoms with Crippen LogP contribution < -0.4 is 0 Å². The van der Waals surface area contributed by atoms with Crippen molar-refractivity contribution < 1.29 is 58.2 Å². The Labute approximate surface area is 382 Å². The first-order chi connectivity index (χ1) is 30.4. The zero-order valence-corrected chi connectivity index (χ0v) is 39.9. The monoisotopic (exact) mass is 898 g/mol. The Bertz CT molecular complexity index is 1690. The molecule has 64 heavy (non-hydrogen) atoms. The number of carboxylic acid groups (broad SMARTS) is 1. The Balaban J connectivity index is 1.69. The summed E-state index contributed by atoms with van der Waals surface area (Å²) in [7, 11) is 3.12. The lowest BCUT2D eigenvalue weighted by Gasteiger charge is -2.45. The van der Waals surface area contributed by atoms with E-state index >= 15 is 0 Å². The summed E-state index contributed by atoms with van der Waals surface area (Å²) in [6.07, 6.45) is 17.7. The molecule has 13 heteroatoms. The fourth-order valence-electron chi connectivity index (χ4n) is 10.7. The van der Waals surface area contributed by atoms with Crippen molar-refractivity contribution in [2.24, 2.45) is 41.4 Å². The lowest BCUT2D eigenvalue weighted by atomic mass is 9.70. The van der Waals surface area contributed by atoms with Gasteiger partial charge in [-0.15, -0.1) is 0 Å². The van der Waals surface area contributed by atoms with E-state index in [0.29, 0.717) is 57.8 Å². The summed E-state index contributed by atoms with van der Waals surface area (Å²) in [6.45, 7) is 11.6. The number of nitrogens with zero attached hydrogens (tertiary/aromatic N) is 1. The van der Waals surface area contributed by atoms with Gasteiger partial charge in [-0.1, -0.05) is 69.7 Å². The van der Waals surface area contributed by atoms with Crippen molar-refractivity contribution in [1.29, 1.82) is 0 Å². The predicted molar refractivity (Wildman–Crippen MR) is 244 cm³/mol. The summed E-state index contributed by atoms with van der Waals surface area (Å²) < 4.78 is 23.5. The Morgan fingerprint density at radius 3 is 2.25 bits per heavy atom. The number of aliphatic hydroxyl groups is 2. The molecular weight excluding hydrogens is 819 g/mol. The van der Waals surface area contributed by atoms with E-state index in [1.54, 1.807) is 14.0 Å². The van der Waals surface area contributed by atoms with Crippen LogP contribution in [0.4, 0.5) is 0 Å². The number of methoxy groups -OCH3 is 2. The number of hydrogen-bond acceptors (Lipinski definition) is 11. The minimum atomic E-state index is -2.45. The molecule has 0 aromatic heterocycles. The van der Waals surface area contributed by atoms with Gasteiger partial charge >= 0.3 is 5.97 Å². The first-order valence-electron chi connectivity index (χ1n) is 24.0. The zero-order chi connectivity index (χ0) is 47.1. The summed E-state index contributed by atoms with van der Waals surface area (Å²) in [5.41, 5.74) is 1.76. The highest BCUT2D eigenvalue weighted by molar-refractivity contribution is 6.39. The molecule has 360 valence electrons. The number of aliphatic hydroxyl groups excluding tert-OH is 1. The normalized spacial score (nSPS) is 39.0. The number of Topliss-reactive ketones (excluding diaryl/α,β-unsaturated/α-hetero) is 3. The average Bonchev–Trinajstić information content (AvgIpc) is 3.27. The lowest BCUT2D eigenvalue weighted by molar-refractivity contribution is -0.265. The van der Waals surface area contributed by atoms with Crippen LogP contribution in [0.5, 0.6) is 0 Å². The lowest BCUT2D eigenvalue weighted by Crippen LogP contribution is -2.62. The van der Waals surface area contributed by atoms with Crippen LogP contribution in [0.3, 0.4) is 0 Å². The number of carbonyl (C=O) groups excluding carboxylic acids is 4. The molecule has 3 N–H and O–H groups in total. The number of fused-ring (bicyclic) bond motifs is 4. The molecule has 0 radical (unpaired) electrons. The van der Waals surface area contributed by atoms with E-state index in [1.807, 2.05) is 58.1 Å². The number of carboxylic acids is 1. The van der Waals surface area contributed by atoms with E-state index in [2.05, 4.69) is 13.0 Å². The number of ether oxygens (including phenoxy) is 4. The molecule has 0 spiro atoms. The molecule has 4 aliphatic rings. The largest absolute Gasteiger partial charge is 0.480 e. The van der Waals surface area contributed by atoms with Crippen molar-refractivity contribution in [2.75, 3.05) is 34.0 Å². The van der Waals surface area contributed by atoms with Gasteiger partial charge in [-0.3, -0.25) is 19.2 Å². The number of rotatable bonds is 8. The maximum atomic E-state index is 14.4. The Hall–Kier alpha value is -3.33. The van der Waals surface area contributed by atoms with E-state index in [4.69, 9.17) is 18.9 Å². The fourth-order valence-corrected chi connectivity index (χ4v) is 10.7. The maximum absolute atomic E-state index is 14.4. The van der Waals surface area contributed by atoms with Crippen molar-refractivity contribution in [3.63, 3.8) is 0 Å². The molecule has 1 saturated carbocycles. The standard InChI is InChI=1S/C51H79NO12/c1-32-13-10-9-11-14-34(3)44(61-7)31-41-20-16-37(6)51(60,64-41)48(56)49(57)52-24-12-15-42(46(52)50(58)59)39(30-38-17-21-40(22-18-38)63-26-25-53)19-23-43(54)35(4)28-33(2)29-45(62-8)47(55)36(5)27-32/h9-11,13-14,28,32,35-42,44-46,53,60H,12,15-27,29-31H2,1-8H3,(H,58,59)/b11-9+,13-10+,33-28+,34-14+/t32-,35-,36-,37-,38-,39?,40-,41+,42-,44+,45-,46?,51-/m1/s1. The summed E-state index contributed by atoms with van der Waals surface area (Å²) in [4.78, 5) is 70.7. The molecule has 11 atom stereocenters. The van der Waals surface area contributed by atoms with E-state index in [9.17, 15) is 39.3 Å². The van der Waals surface area contributed by atoms with Crippen molar-refractivity contribution in [2.45, 2.75) is 168 Å². The molecule has 0 aromatic carbocycles. The SMILES string of the molecule is CO[C@H]1C[C@@H]2CC[C@@H](C)[C@@](O)(O2)C(=O)C(=O)N2CCC[C@H](C(C[C@H]3CC[C@H](OCCO)CC3)CCC(=O)[C@H](C)/C=C(\C)C[C@@H](OC)C(=O)[C@H](C)C[C@H](C)/C=C/C=C/C=C/1C)C2C(=O)O. The highest BCUT2D eigenvalue weighted by Gasteiger charge is 2.54. The summed E-state index contributed by atoms with van der Waals surface area (Å²) in [5, 5.41) is 32.2. The molecule has 0 aromatic rings. The van der Waals surface area contributed by atoms with E-state index in [-0.39, 0.29) is 67.5 Å². The number of ketones is 3. The van der Waals surface area contributed by atoms with Crippen molar-refractivity contribution >= 4 is 29.2 Å². The molecule has 3 fully saturated rings. The topological polar surface area (TPSA) is 186 Å². The summed E-state index contributed by atoms with van der Waals surface area (Å²) in [5.74, 6) is -7.80. The quantitative estimate of drug-likeness (QED) is 0.163. The summed E-state index contributed by atoms with van der Waals surface area (Å²) >= 11 is 0. The van der Waals surface area contributed by atoms with Crippen molar-refractivity contribution in [3.8, 4) is 0 Å². The zero-order valence-electron chi connectivity index (χ0n) is 39.9. The van der Waals surface area contributed by atoms with Gasteiger partial charge < -0.3 is 39.2 Å². The fraction of sp³-hybridized carbons (Fsp3) is 0.745. The number of carbonyl (C=O) groups is 5. The van der Waals surface area contributed by atoms with Gasteiger partial charge in [-0.2, -0.15) is 0 Å². The second-order valence-corrected chi connectivity index (χ2v) is 19.5. The molecule has 2 unspecified atom stereocenters. The van der Waals surface area contributed by atoms with Gasteiger partial charge in [-0.25, -0.2) is 4.79 Å². The van der Waals surface area contributed by atoms with E-state index in [0.717, 1.165) is 41.7 Å². The summed E-state index contributed by atoms with van der Waals surface area (Å²) in [6, 6.07) is -1.34. The van der Waals surface area contributed by atoms with Gasteiger partial charge in [0.15, 0.2) is 5.78 Å². The molecule has 4 rings (SSSR count). The van der Waals surface area contributed by atoms with Crippen LogP contribution in [0, 0.1) is 41.4 Å². The van der Waals surface area contributed by atoms with E-state index < -0.39 is 65.6 Å². The van der Waals surface area contributed by atoms with Crippen molar-refractivity contribution in [3.05, 3.63) is 47.6 Å². The van der Waals surface area contributed by atoms with Crippen LogP contribution in [0.2, 0.25) is 0 Å². The maximum Gasteiger partial charge on any atom is 0.326 e. The highest BCUT2D eigenvalue weighted by Crippen LogP contribution is 2.42. The second kappa shape index (κ2) is 25.5. The third kappa shape index (κ3) is 14.6. The van der Waals surface area contributed by atoms with Gasteiger partial charge in [-0.05, 0) is 114 Å². The molecule has 3 aliphatic heterocycles. The van der Waals surface area contributed by atoms with Gasteiger partial charge in [0.05, 0.1) is 31.5 Å². The Kier molecular flexibility index (Phi) is 21.3. The molecule has 13 nitrogen and oxygen atoms in total. The van der Waals surface area contributed by atoms with Gasteiger partial charge in [0.1, 0.15) is 17.9 Å². The smallest absolute Gasteiger partial charge is 0.326 e. The average molecular weight is 898 g/mol.